The zero-order valence-electron chi connectivity index (χ0n) is 11.3. The Hall–Kier alpha value is -0.540. The standard InChI is InChI=1S/C16H22BrNO/c17-14-8-7-13(11-19)16(10-14)18-9-3-5-12-4-1-2-6-15(12)18/h7-8,10,12,15,19H,1-6,9,11H2/t12-,15-/m1/s1. The average molecular weight is 324 g/mol. The maximum Gasteiger partial charge on any atom is 0.0702 e. The summed E-state index contributed by atoms with van der Waals surface area (Å²) in [4.78, 5) is 2.57. The second kappa shape index (κ2) is 5.84. The Bertz CT molecular complexity index is 446. The van der Waals surface area contributed by atoms with Gasteiger partial charge in [-0.3, -0.25) is 0 Å². The van der Waals surface area contributed by atoms with Crippen molar-refractivity contribution < 1.29 is 5.11 Å². The van der Waals surface area contributed by atoms with Gasteiger partial charge in [-0.15, -0.1) is 0 Å². The molecule has 0 bridgehead atoms. The largest absolute Gasteiger partial charge is 0.392 e. The van der Waals surface area contributed by atoms with Crippen LogP contribution >= 0.6 is 15.9 Å². The molecule has 2 aliphatic rings. The second-order valence-corrected chi connectivity index (χ2v) is 6.79. The number of anilines is 1. The number of rotatable bonds is 2. The van der Waals surface area contributed by atoms with E-state index < -0.39 is 0 Å². The molecule has 0 aromatic heterocycles. The van der Waals surface area contributed by atoms with Gasteiger partial charge in [0, 0.05) is 28.3 Å². The number of aliphatic hydroxyl groups excluding tert-OH is 1. The summed E-state index contributed by atoms with van der Waals surface area (Å²) in [6.07, 6.45) is 8.16. The summed E-state index contributed by atoms with van der Waals surface area (Å²) in [6.45, 7) is 1.28. The zero-order chi connectivity index (χ0) is 13.2. The van der Waals surface area contributed by atoms with Crippen LogP contribution in [0.15, 0.2) is 22.7 Å². The van der Waals surface area contributed by atoms with Crippen LogP contribution < -0.4 is 4.90 Å². The van der Waals surface area contributed by atoms with Crippen LogP contribution in [0.4, 0.5) is 5.69 Å². The van der Waals surface area contributed by atoms with E-state index in [9.17, 15) is 5.11 Å². The van der Waals surface area contributed by atoms with Crippen molar-refractivity contribution in [1.29, 1.82) is 0 Å². The highest BCUT2D eigenvalue weighted by Gasteiger charge is 2.33. The molecule has 0 radical (unpaired) electrons. The van der Waals surface area contributed by atoms with E-state index in [2.05, 4.69) is 26.9 Å². The molecule has 104 valence electrons. The molecule has 0 spiro atoms. The number of hydrogen-bond donors (Lipinski definition) is 1. The first-order valence-electron chi connectivity index (χ1n) is 7.45. The van der Waals surface area contributed by atoms with Crippen molar-refractivity contribution in [1.82, 2.24) is 0 Å². The van der Waals surface area contributed by atoms with Gasteiger partial charge in [-0.25, -0.2) is 0 Å². The SMILES string of the molecule is OCc1ccc(Br)cc1N1CCC[C@H]2CCCC[C@H]21. The van der Waals surface area contributed by atoms with Gasteiger partial charge in [-0.2, -0.15) is 0 Å². The fraction of sp³-hybridized carbons (Fsp3) is 0.625. The molecule has 1 saturated heterocycles. The number of benzene rings is 1. The van der Waals surface area contributed by atoms with E-state index in [0.29, 0.717) is 6.04 Å². The van der Waals surface area contributed by atoms with Crippen molar-refractivity contribution in [2.24, 2.45) is 5.92 Å². The number of hydrogen-bond acceptors (Lipinski definition) is 2. The fourth-order valence-electron chi connectivity index (χ4n) is 3.86. The predicted molar refractivity (Wildman–Crippen MR) is 82.4 cm³/mol. The molecule has 2 nitrogen and oxygen atoms in total. The van der Waals surface area contributed by atoms with Crippen LogP contribution in [0.1, 0.15) is 44.1 Å². The summed E-state index contributed by atoms with van der Waals surface area (Å²) >= 11 is 3.57. The minimum Gasteiger partial charge on any atom is -0.392 e. The summed E-state index contributed by atoms with van der Waals surface area (Å²) in [7, 11) is 0. The lowest BCUT2D eigenvalue weighted by Crippen LogP contribution is -2.47. The topological polar surface area (TPSA) is 23.5 Å². The Morgan fingerprint density at radius 1 is 1.16 bits per heavy atom. The first-order valence-corrected chi connectivity index (χ1v) is 8.25. The minimum atomic E-state index is 0.135. The van der Waals surface area contributed by atoms with Crippen LogP contribution in [0.2, 0.25) is 0 Å². The van der Waals surface area contributed by atoms with E-state index >= 15 is 0 Å². The number of piperidine rings is 1. The third-order valence-electron chi connectivity index (χ3n) is 4.77. The van der Waals surface area contributed by atoms with Crippen molar-refractivity contribution in [3.63, 3.8) is 0 Å². The van der Waals surface area contributed by atoms with Crippen LogP contribution in [0.3, 0.4) is 0 Å². The van der Waals surface area contributed by atoms with Gasteiger partial charge in [0.05, 0.1) is 6.61 Å². The summed E-state index contributed by atoms with van der Waals surface area (Å²) < 4.78 is 1.11. The molecular weight excluding hydrogens is 302 g/mol. The van der Waals surface area contributed by atoms with Crippen molar-refractivity contribution >= 4 is 21.6 Å². The maximum absolute atomic E-state index is 9.59. The third-order valence-corrected chi connectivity index (χ3v) is 5.26. The third kappa shape index (κ3) is 2.68. The average Bonchev–Trinajstić information content (AvgIpc) is 2.46. The normalized spacial score (nSPS) is 27.2. The van der Waals surface area contributed by atoms with Gasteiger partial charge in [0.15, 0.2) is 0 Å². The molecule has 0 unspecified atom stereocenters. The summed E-state index contributed by atoms with van der Waals surface area (Å²) in [5.74, 6) is 0.869. The van der Waals surface area contributed by atoms with Crippen LogP contribution in [-0.2, 0) is 6.61 Å². The van der Waals surface area contributed by atoms with Gasteiger partial charge in [-0.05, 0) is 43.7 Å². The lowest BCUT2D eigenvalue weighted by atomic mass is 9.78. The predicted octanol–water partition coefficient (Wildman–Crippen LogP) is 4.10. The van der Waals surface area contributed by atoms with E-state index in [1.807, 2.05) is 12.1 Å². The van der Waals surface area contributed by atoms with Gasteiger partial charge in [0.2, 0.25) is 0 Å². The Labute approximate surface area is 123 Å². The van der Waals surface area contributed by atoms with Crippen molar-refractivity contribution in [3.05, 3.63) is 28.2 Å². The molecular formula is C16H22BrNO. The summed E-state index contributed by atoms with van der Waals surface area (Å²) in [5.41, 5.74) is 2.31. The van der Waals surface area contributed by atoms with E-state index in [4.69, 9.17) is 0 Å². The maximum atomic E-state index is 9.59. The van der Waals surface area contributed by atoms with Crippen LogP contribution in [0, 0.1) is 5.92 Å². The molecule has 1 saturated carbocycles. The van der Waals surface area contributed by atoms with Gasteiger partial charge in [-0.1, -0.05) is 34.8 Å². The first kappa shape index (κ1) is 13.4. The number of nitrogens with zero attached hydrogens (tertiary/aromatic N) is 1. The van der Waals surface area contributed by atoms with Crippen molar-refractivity contribution in [3.8, 4) is 0 Å². The smallest absolute Gasteiger partial charge is 0.0702 e. The molecule has 3 rings (SSSR count). The Morgan fingerprint density at radius 2 is 1.95 bits per heavy atom. The van der Waals surface area contributed by atoms with Gasteiger partial charge in [0.1, 0.15) is 0 Å². The van der Waals surface area contributed by atoms with Gasteiger partial charge >= 0.3 is 0 Å². The summed E-state index contributed by atoms with van der Waals surface area (Å²) in [6, 6.07) is 6.95. The number of aliphatic hydroxyl groups is 1. The number of halogens is 1. The molecule has 2 atom stereocenters. The highest BCUT2D eigenvalue weighted by atomic mass is 79.9. The van der Waals surface area contributed by atoms with E-state index in [0.717, 1.165) is 22.5 Å². The Kier molecular flexibility index (Phi) is 4.13. The molecule has 1 aromatic rings. The van der Waals surface area contributed by atoms with Crippen LogP contribution in [-0.4, -0.2) is 17.7 Å². The first-order chi connectivity index (χ1) is 9.29. The lowest BCUT2D eigenvalue weighted by molar-refractivity contribution is 0.241. The second-order valence-electron chi connectivity index (χ2n) is 5.88. The van der Waals surface area contributed by atoms with E-state index in [1.165, 1.54) is 44.2 Å². The molecule has 19 heavy (non-hydrogen) atoms. The molecule has 2 fully saturated rings. The van der Waals surface area contributed by atoms with E-state index in [-0.39, 0.29) is 6.61 Å². The molecule has 1 aromatic carbocycles. The Morgan fingerprint density at radius 3 is 2.79 bits per heavy atom. The quantitative estimate of drug-likeness (QED) is 0.885. The van der Waals surface area contributed by atoms with Gasteiger partial charge < -0.3 is 10.0 Å². The molecule has 0 amide bonds. The Balaban J connectivity index is 1.93. The molecule has 3 heteroatoms. The monoisotopic (exact) mass is 323 g/mol. The van der Waals surface area contributed by atoms with Crippen molar-refractivity contribution in [2.45, 2.75) is 51.2 Å². The van der Waals surface area contributed by atoms with Crippen molar-refractivity contribution in [2.75, 3.05) is 11.4 Å². The van der Waals surface area contributed by atoms with Crippen LogP contribution in [0.5, 0.6) is 0 Å². The highest BCUT2D eigenvalue weighted by Crippen LogP contribution is 2.39. The number of fused-ring (bicyclic) bond motifs is 1. The van der Waals surface area contributed by atoms with Gasteiger partial charge in [0.25, 0.3) is 0 Å². The summed E-state index contributed by atoms with van der Waals surface area (Å²) in [5, 5.41) is 9.59. The lowest BCUT2D eigenvalue weighted by Gasteiger charge is -2.46. The minimum absolute atomic E-state index is 0.135. The van der Waals surface area contributed by atoms with Crippen LogP contribution in [0.25, 0.3) is 0 Å². The van der Waals surface area contributed by atoms with E-state index in [1.54, 1.807) is 0 Å². The molecule has 1 aliphatic heterocycles. The highest BCUT2D eigenvalue weighted by molar-refractivity contribution is 9.10. The molecule has 1 N–H and O–H groups in total. The zero-order valence-corrected chi connectivity index (χ0v) is 12.9. The molecule has 1 heterocycles. The molecule has 1 aliphatic carbocycles. The fourth-order valence-corrected chi connectivity index (χ4v) is 4.21.